The summed E-state index contributed by atoms with van der Waals surface area (Å²) < 4.78 is 74.0. The number of benzene rings is 2. The zero-order valence-corrected chi connectivity index (χ0v) is 24.3. The average Bonchev–Trinajstić information content (AvgIpc) is 3.25. The van der Waals surface area contributed by atoms with E-state index in [2.05, 4.69) is 22.5 Å². The number of ether oxygens (including phenoxy) is 1. The zero-order chi connectivity index (χ0) is 29.2. The highest BCUT2D eigenvalue weighted by Crippen LogP contribution is 2.44. The summed E-state index contributed by atoms with van der Waals surface area (Å²) in [6.45, 7) is 4.35. The van der Waals surface area contributed by atoms with Gasteiger partial charge in [0.25, 0.3) is 0 Å². The van der Waals surface area contributed by atoms with Crippen molar-refractivity contribution < 1.29 is 32.0 Å². The summed E-state index contributed by atoms with van der Waals surface area (Å²) in [4.78, 5) is 1.97. The zero-order valence-electron chi connectivity index (χ0n) is 22.6. The van der Waals surface area contributed by atoms with Crippen LogP contribution in [0.4, 0.5) is 28.9 Å². The Balaban J connectivity index is 1.64. The molecule has 216 valence electrons. The van der Waals surface area contributed by atoms with Gasteiger partial charge in [-0.3, -0.25) is 0 Å². The van der Waals surface area contributed by atoms with Crippen LogP contribution in [0, 0.1) is 11.8 Å². The number of piperidine rings is 1. The molecule has 4 rings (SSSR count). The summed E-state index contributed by atoms with van der Waals surface area (Å²) in [5, 5.41) is 17.4. The van der Waals surface area contributed by atoms with Gasteiger partial charge in [-0.25, -0.2) is 4.39 Å². The molecule has 0 spiro atoms. The van der Waals surface area contributed by atoms with E-state index in [0.717, 1.165) is 11.3 Å². The molecule has 2 aromatic carbocycles. The van der Waals surface area contributed by atoms with Gasteiger partial charge in [0.05, 0.1) is 40.6 Å². The van der Waals surface area contributed by atoms with E-state index in [9.17, 15) is 27.2 Å². The molecule has 3 aromatic rings. The van der Waals surface area contributed by atoms with Crippen LogP contribution >= 0.6 is 18.5 Å². The summed E-state index contributed by atoms with van der Waals surface area (Å²) in [5.41, 5.74) is 0.786. The lowest BCUT2D eigenvalue weighted by Gasteiger charge is -2.33. The van der Waals surface area contributed by atoms with Gasteiger partial charge in [0.2, 0.25) is 0 Å². The molecule has 1 aliphatic heterocycles. The van der Waals surface area contributed by atoms with Crippen LogP contribution in [-0.4, -0.2) is 75.5 Å². The van der Waals surface area contributed by atoms with E-state index in [4.69, 9.17) is 4.74 Å². The third-order valence-electron chi connectivity index (χ3n) is 6.80. The molecule has 3 N–H and O–H groups in total. The number of thiophene rings is 1. The smallest absolute Gasteiger partial charge is 0.418 e. The predicted octanol–water partition coefficient (Wildman–Crippen LogP) is 5.67. The second kappa shape index (κ2) is 12.0. The van der Waals surface area contributed by atoms with E-state index >= 15 is 0 Å². The first-order chi connectivity index (χ1) is 18.8. The van der Waals surface area contributed by atoms with Gasteiger partial charge in [-0.05, 0) is 51.1 Å². The van der Waals surface area contributed by atoms with Crippen LogP contribution in [0.5, 0.6) is 5.75 Å². The van der Waals surface area contributed by atoms with Crippen molar-refractivity contribution in [1.82, 2.24) is 4.90 Å². The van der Waals surface area contributed by atoms with Gasteiger partial charge in [-0.2, -0.15) is 13.2 Å². The summed E-state index contributed by atoms with van der Waals surface area (Å²) in [6, 6.07) is 9.45. The van der Waals surface area contributed by atoms with Gasteiger partial charge in [0.15, 0.2) is 6.10 Å². The van der Waals surface area contributed by atoms with Crippen molar-refractivity contribution >= 4 is 45.2 Å². The number of hydrogen-bond acceptors (Lipinski definition) is 7. The SMILES string of the molecule is COc1cc(P(C)(C)=O)ccc1NCC#Cc1sc2c(NC3CCN(C)CC3F)cccc2c1C(O)C(F)(F)F. The first-order valence-corrected chi connectivity index (χ1v) is 16.1. The molecule has 40 heavy (non-hydrogen) atoms. The monoisotopic (exact) mass is 597 g/mol. The highest BCUT2D eigenvalue weighted by Gasteiger charge is 2.42. The van der Waals surface area contributed by atoms with Crippen LogP contribution in [-0.2, 0) is 4.57 Å². The molecular formula is C28H32F4N3O3PS. The molecule has 0 aliphatic carbocycles. The lowest BCUT2D eigenvalue weighted by molar-refractivity contribution is -0.206. The number of aliphatic hydroxyl groups is 1. The Labute approximate surface area is 235 Å². The Hall–Kier alpha value is -2.77. The minimum atomic E-state index is -4.89. The quantitative estimate of drug-likeness (QED) is 0.185. The van der Waals surface area contributed by atoms with Crippen molar-refractivity contribution in [2.45, 2.75) is 30.9 Å². The fourth-order valence-electron chi connectivity index (χ4n) is 4.62. The molecule has 1 aliphatic rings. The number of halogens is 4. The first-order valence-electron chi connectivity index (χ1n) is 12.6. The van der Waals surface area contributed by atoms with Gasteiger partial charge in [0.1, 0.15) is 19.1 Å². The van der Waals surface area contributed by atoms with Crippen molar-refractivity contribution in [3.05, 3.63) is 46.8 Å². The molecule has 3 unspecified atom stereocenters. The maximum absolute atomic E-state index is 14.7. The van der Waals surface area contributed by atoms with Crippen molar-refractivity contribution in [2.24, 2.45) is 0 Å². The Morgan fingerprint density at radius 3 is 2.65 bits per heavy atom. The van der Waals surface area contributed by atoms with Gasteiger partial charge >= 0.3 is 6.18 Å². The summed E-state index contributed by atoms with van der Waals surface area (Å²) >= 11 is 1.03. The number of nitrogens with one attached hydrogen (secondary N) is 2. The average molecular weight is 598 g/mol. The third kappa shape index (κ3) is 6.74. The van der Waals surface area contributed by atoms with E-state index in [0.29, 0.717) is 40.1 Å². The number of anilines is 2. The Bertz CT molecular complexity index is 1480. The van der Waals surface area contributed by atoms with Gasteiger partial charge in [-0.1, -0.05) is 24.0 Å². The molecule has 1 fully saturated rings. The number of hydrogen-bond donors (Lipinski definition) is 3. The molecule has 2 heterocycles. The fourth-order valence-corrected chi connectivity index (χ4v) is 6.67. The molecule has 3 atom stereocenters. The largest absolute Gasteiger partial charge is 0.495 e. The maximum atomic E-state index is 14.7. The number of fused-ring (bicyclic) bond motifs is 1. The van der Waals surface area contributed by atoms with Crippen LogP contribution in [0.25, 0.3) is 10.1 Å². The minimum Gasteiger partial charge on any atom is -0.495 e. The lowest BCUT2D eigenvalue weighted by Crippen LogP contribution is -2.46. The minimum absolute atomic E-state index is 0.0750. The van der Waals surface area contributed by atoms with Crippen LogP contribution in [0.1, 0.15) is 23.0 Å². The molecule has 0 amide bonds. The van der Waals surface area contributed by atoms with Crippen molar-refractivity contribution in [1.29, 1.82) is 0 Å². The van der Waals surface area contributed by atoms with Crippen molar-refractivity contribution in [3.63, 3.8) is 0 Å². The second-order valence-corrected chi connectivity index (χ2v) is 14.4. The van der Waals surface area contributed by atoms with Crippen LogP contribution in [0.3, 0.4) is 0 Å². The number of likely N-dealkylation sites (tertiary alicyclic amines) is 1. The summed E-state index contributed by atoms with van der Waals surface area (Å²) in [6.07, 6.45) is -8.20. The second-order valence-electron chi connectivity index (χ2n) is 10.2. The number of rotatable bonds is 7. The highest BCUT2D eigenvalue weighted by molar-refractivity contribution is 7.70. The molecule has 1 saturated heterocycles. The van der Waals surface area contributed by atoms with Gasteiger partial charge in [0, 0.05) is 29.3 Å². The Morgan fingerprint density at radius 2 is 2.00 bits per heavy atom. The van der Waals surface area contributed by atoms with Crippen molar-refractivity contribution in [2.75, 3.05) is 57.8 Å². The van der Waals surface area contributed by atoms with Crippen LogP contribution in [0.15, 0.2) is 36.4 Å². The van der Waals surface area contributed by atoms with Crippen molar-refractivity contribution in [3.8, 4) is 17.6 Å². The Morgan fingerprint density at radius 1 is 1.25 bits per heavy atom. The standard InChI is InChI=1S/C28H32F4N3O3PS/c1-35-14-12-20(19(29)16-35)34-22-8-5-7-18-25(27(36)28(30,31)32)24(40-26(18)22)9-6-13-33-21-11-10-17(39(3,4)37)15-23(21)38-2/h5,7-8,10-11,15,19-20,27,33-34,36H,12-14,16H2,1-4H3. The molecule has 12 heteroatoms. The van der Waals surface area contributed by atoms with Gasteiger partial charge in [-0.15, -0.1) is 11.3 Å². The normalized spacial score (nSPS) is 19.1. The Kier molecular flexibility index (Phi) is 9.05. The number of alkyl halides is 4. The lowest BCUT2D eigenvalue weighted by atomic mass is 10.0. The third-order valence-corrected chi connectivity index (χ3v) is 9.49. The van der Waals surface area contributed by atoms with E-state index in [1.165, 1.54) is 13.2 Å². The van der Waals surface area contributed by atoms with E-state index in [-0.39, 0.29) is 28.9 Å². The van der Waals surface area contributed by atoms with E-state index in [1.54, 1.807) is 43.7 Å². The van der Waals surface area contributed by atoms with Crippen LogP contribution < -0.4 is 20.7 Å². The summed E-state index contributed by atoms with van der Waals surface area (Å²) in [5.74, 6) is 6.10. The van der Waals surface area contributed by atoms with E-state index < -0.39 is 31.6 Å². The highest BCUT2D eigenvalue weighted by atomic mass is 32.1. The topological polar surface area (TPSA) is 73.8 Å². The molecule has 1 aromatic heterocycles. The number of nitrogens with zero attached hydrogens (tertiary/aromatic N) is 1. The maximum Gasteiger partial charge on any atom is 0.418 e. The van der Waals surface area contributed by atoms with Gasteiger partial charge < -0.3 is 29.9 Å². The predicted molar refractivity (Wildman–Crippen MR) is 155 cm³/mol. The number of methoxy groups -OCH3 is 1. The molecular weight excluding hydrogens is 565 g/mol. The fraction of sp³-hybridized carbons (Fsp3) is 0.429. The first kappa shape index (κ1) is 30.2. The molecule has 6 nitrogen and oxygen atoms in total. The molecule has 0 radical (unpaired) electrons. The number of aliphatic hydroxyl groups excluding tert-OH is 1. The van der Waals surface area contributed by atoms with E-state index in [1.807, 2.05) is 11.9 Å². The molecule has 0 saturated carbocycles. The van der Waals surface area contributed by atoms with Crippen LogP contribution in [0.2, 0.25) is 0 Å². The molecule has 0 bridgehead atoms. The summed E-state index contributed by atoms with van der Waals surface area (Å²) in [7, 11) is 0.829.